The van der Waals surface area contributed by atoms with Crippen molar-refractivity contribution < 1.29 is 19.8 Å². The van der Waals surface area contributed by atoms with Crippen molar-refractivity contribution in [1.29, 1.82) is 0 Å². The fourth-order valence-corrected chi connectivity index (χ4v) is 0.559. The highest BCUT2D eigenvalue weighted by Gasteiger charge is 1.88. The lowest BCUT2D eigenvalue weighted by molar-refractivity contribution is -0.134. The van der Waals surface area contributed by atoms with Gasteiger partial charge < -0.3 is 15.5 Å². The molecule has 72 valence electrons. The van der Waals surface area contributed by atoms with E-state index in [1.54, 1.807) is 0 Å². The van der Waals surface area contributed by atoms with E-state index in [1.165, 1.54) is 0 Å². The third-order valence-electron chi connectivity index (χ3n) is 1.06. The first-order chi connectivity index (χ1) is 6.13. The Morgan fingerprint density at radius 3 is 1.62 bits per heavy atom. The van der Waals surface area contributed by atoms with Gasteiger partial charge in [0.15, 0.2) is 0 Å². The number of nitrogens with one attached hydrogen (secondary N) is 1. The molecule has 1 aliphatic rings. The molecule has 1 heterocycles. The Morgan fingerprint density at radius 2 is 1.46 bits per heavy atom. The van der Waals surface area contributed by atoms with Crippen molar-refractivity contribution in [2.45, 2.75) is 0 Å². The van der Waals surface area contributed by atoms with Gasteiger partial charge in [0.25, 0.3) is 0 Å². The highest BCUT2D eigenvalue weighted by atomic mass is 16.4. The van der Waals surface area contributed by atoms with Crippen LogP contribution in [-0.2, 0) is 9.59 Å². The summed E-state index contributed by atoms with van der Waals surface area (Å²) in [4.78, 5) is 19.1. The molecular formula is C8H11NO4. The Kier molecular flexibility index (Phi) is 6.17. The van der Waals surface area contributed by atoms with Crippen molar-refractivity contribution in [2.75, 3.05) is 13.1 Å². The number of hydrogen-bond donors (Lipinski definition) is 3. The highest BCUT2D eigenvalue weighted by molar-refractivity contribution is 5.89. The Labute approximate surface area is 75.4 Å². The summed E-state index contributed by atoms with van der Waals surface area (Å²) in [6, 6.07) is 0. The van der Waals surface area contributed by atoms with Crippen LogP contribution in [0, 0.1) is 0 Å². The van der Waals surface area contributed by atoms with E-state index >= 15 is 0 Å². The summed E-state index contributed by atoms with van der Waals surface area (Å²) in [5.74, 6) is -2.51. The molecule has 0 aromatic heterocycles. The third-order valence-corrected chi connectivity index (χ3v) is 1.06. The summed E-state index contributed by atoms with van der Waals surface area (Å²) in [5, 5.41) is 18.7. The zero-order chi connectivity index (χ0) is 10.1. The van der Waals surface area contributed by atoms with Crippen LogP contribution in [0.25, 0.3) is 0 Å². The van der Waals surface area contributed by atoms with Gasteiger partial charge in [-0.05, 0) is 0 Å². The maximum absolute atomic E-state index is 9.55. The van der Waals surface area contributed by atoms with E-state index < -0.39 is 11.9 Å². The number of hydrogen-bond acceptors (Lipinski definition) is 3. The smallest absolute Gasteiger partial charge is 0.328 e. The largest absolute Gasteiger partial charge is 0.478 e. The van der Waals surface area contributed by atoms with Gasteiger partial charge in [-0.25, -0.2) is 9.59 Å². The van der Waals surface area contributed by atoms with Gasteiger partial charge in [-0.1, -0.05) is 12.2 Å². The molecule has 0 saturated carbocycles. The van der Waals surface area contributed by atoms with Gasteiger partial charge in [0.1, 0.15) is 0 Å². The van der Waals surface area contributed by atoms with Crippen LogP contribution < -0.4 is 5.32 Å². The van der Waals surface area contributed by atoms with Crippen molar-refractivity contribution in [3.8, 4) is 0 Å². The average molecular weight is 185 g/mol. The van der Waals surface area contributed by atoms with E-state index in [0.717, 1.165) is 13.1 Å². The minimum Gasteiger partial charge on any atom is -0.478 e. The second kappa shape index (κ2) is 7.05. The molecule has 0 aliphatic carbocycles. The van der Waals surface area contributed by atoms with Crippen LogP contribution in [0.4, 0.5) is 0 Å². The predicted octanol–water partition coefficient (Wildman–Crippen LogP) is -0.142. The van der Waals surface area contributed by atoms with Crippen LogP contribution in [0.2, 0.25) is 0 Å². The highest BCUT2D eigenvalue weighted by Crippen LogP contribution is 1.75. The molecule has 1 aliphatic heterocycles. The van der Waals surface area contributed by atoms with Crippen LogP contribution >= 0.6 is 0 Å². The Bertz CT molecular complexity index is 210. The quantitative estimate of drug-likeness (QED) is 0.411. The van der Waals surface area contributed by atoms with Crippen LogP contribution in [0.5, 0.6) is 0 Å². The van der Waals surface area contributed by atoms with E-state index in [4.69, 9.17) is 10.2 Å². The number of aliphatic carboxylic acids is 2. The molecule has 0 spiro atoms. The molecule has 0 radical (unpaired) electrons. The summed E-state index contributed by atoms with van der Waals surface area (Å²) < 4.78 is 0. The monoisotopic (exact) mass is 185 g/mol. The van der Waals surface area contributed by atoms with Gasteiger partial charge in [-0.2, -0.15) is 0 Å². The molecule has 0 fully saturated rings. The number of carboxylic acid groups (broad SMARTS) is 2. The first kappa shape index (κ1) is 11.4. The number of rotatable bonds is 2. The maximum atomic E-state index is 9.55. The fraction of sp³-hybridized carbons (Fsp3) is 0.250. The van der Waals surface area contributed by atoms with Gasteiger partial charge in [0, 0.05) is 25.2 Å². The molecule has 5 heteroatoms. The lowest BCUT2D eigenvalue weighted by Gasteiger charge is -1.77. The topological polar surface area (TPSA) is 86.6 Å². The van der Waals surface area contributed by atoms with E-state index in [-0.39, 0.29) is 0 Å². The molecule has 1 rings (SSSR count). The standard InChI is InChI=1S/C4H7N.C4H4O4/c1-2-4-5-3-1;5-3(6)1-2-4(7)8/h1-2,5H,3-4H2;1-2H,(H,5,6)(H,7,8). The van der Waals surface area contributed by atoms with Crippen LogP contribution in [0.15, 0.2) is 24.3 Å². The van der Waals surface area contributed by atoms with E-state index in [1.807, 2.05) is 0 Å². The van der Waals surface area contributed by atoms with Gasteiger partial charge in [-0.3, -0.25) is 0 Å². The maximum Gasteiger partial charge on any atom is 0.328 e. The first-order valence-electron chi connectivity index (χ1n) is 3.62. The van der Waals surface area contributed by atoms with Gasteiger partial charge in [-0.15, -0.1) is 0 Å². The minimum absolute atomic E-state index is 0.558. The molecule has 3 N–H and O–H groups in total. The molecule has 0 amide bonds. The van der Waals surface area contributed by atoms with Crippen molar-refractivity contribution >= 4 is 11.9 Å². The van der Waals surface area contributed by atoms with E-state index in [2.05, 4.69) is 17.5 Å². The minimum atomic E-state index is -1.26. The lowest BCUT2D eigenvalue weighted by atomic mass is 10.5. The molecule has 0 aromatic rings. The van der Waals surface area contributed by atoms with Crippen molar-refractivity contribution in [2.24, 2.45) is 0 Å². The molecule has 0 unspecified atom stereocenters. The molecular weight excluding hydrogens is 174 g/mol. The Balaban J connectivity index is 0.000000243. The second-order valence-corrected chi connectivity index (χ2v) is 2.14. The SMILES string of the molecule is C1=CCNC1.O=C(O)C=CC(=O)O. The molecule has 0 bridgehead atoms. The van der Waals surface area contributed by atoms with Gasteiger partial charge in [0.05, 0.1) is 0 Å². The van der Waals surface area contributed by atoms with Crippen LogP contribution in [0.3, 0.4) is 0 Å². The van der Waals surface area contributed by atoms with E-state index in [9.17, 15) is 9.59 Å². The third kappa shape index (κ3) is 10.4. The zero-order valence-electron chi connectivity index (χ0n) is 6.93. The molecule has 0 atom stereocenters. The van der Waals surface area contributed by atoms with Crippen molar-refractivity contribution in [3.63, 3.8) is 0 Å². The zero-order valence-corrected chi connectivity index (χ0v) is 6.93. The fourth-order valence-electron chi connectivity index (χ4n) is 0.559. The average Bonchev–Trinajstić information content (AvgIpc) is 2.57. The number of carbonyl (C=O) groups is 2. The number of carboxylic acids is 2. The molecule has 5 nitrogen and oxygen atoms in total. The first-order valence-corrected chi connectivity index (χ1v) is 3.62. The van der Waals surface area contributed by atoms with Crippen LogP contribution in [0.1, 0.15) is 0 Å². The summed E-state index contributed by atoms with van der Waals surface area (Å²) in [7, 11) is 0. The molecule has 13 heavy (non-hydrogen) atoms. The van der Waals surface area contributed by atoms with Crippen LogP contribution in [-0.4, -0.2) is 35.2 Å². The predicted molar refractivity (Wildman–Crippen MR) is 46.4 cm³/mol. The van der Waals surface area contributed by atoms with E-state index in [0.29, 0.717) is 12.2 Å². The Morgan fingerprint density at radius 1 is 1.08 bits per heavy atom. The lowest BCUT2D eigenvalue weighted by Crippen LogP contribution is -2.04. The van der Waals surface area contributed by atoms with Crippen molar-refractivity contribution in [1.82, 2.24) is 5.32 Å². The van der Waals surface area contributed by atoms with Gasteiger partial charge >= 0.3 is 11.9 Å². The van der Waals surface area contributed by atoms with Gasteiger partial charge in [0.2, 0.25) is 0 Å². The molecule has 0 saturated heterocycles. The van der Waals surface area contributed by atoms with Crippen molar-refractivity contribution in [3.05, 3.63) is 24.3 Å². The molecule has 0 aromatic carbocycles. The normalized spacial score (nSPS) is 13.8. The Hall–Kier alpha value is -1.62. The summed E-state index contributed by atoms with van der Waals surface area (Å²) in [5.41, 5.74) is 0. The summed E-state index contributed by atoms with van der Waals surface area (Å²) >= 11 is 0. The summed E-state index contributed by atoms with van der Waals surface area (Å²) in [6.07, 6.45) is 5.37. The second-order valence-electron chi connectivity index (χ2n) is 2.14. The summed E-state index contributed by atoms with van der Waals surface area (Å²) in [6.45, 7) is 2.14.